The maximum Gasteiger partial charge on any atom is 0.307 e. The molecule has 96 valence electrons. The second kappa shape index (κ2) is 7.62. The molecule has 0 radical (unpaired) electrons. The number of ether oxygens (including phenoxy) is 1. The number of esters is 1. The number of hydrogen-bond acceptors (Lipinski definition) is 5. The van der Waals surface area contributed by atoms with Crippen LogP contribution in [0.15, 0.2) is 23.1 Å². The number of anilines is 1. The zero-order valence-electron chi connectivity index (χ0n) is 10.5. The highest BCUT2D eigenvalue weighted by Crippen LogP contribution is 2.26. The lowest BCUT2D eigenvalue weighted by Gasteiger charge is -2.10. The number of carbonyl (C=O) groups is 1. The van der Waals surface area contributed by atoms with Crippen LogP contribution in [-0.4, -0.2) is 25.4 Å². The van der Waals surface area contributed by atoms with Gasteiger partial charge in [0, 0.05) is 11.4 Å². The van der Waals surface area contributed by atoms with E-state index >= 15 is 0 Å². The molecule has 0 spiro atoms. The minimum atomic E-state index is -0.232. The van der Waals surface area contributed by atoms with Gasteiger partial charge in [-0.3, -0.25) is 4.79 Å². The summed E-state index contributed by atoms with van der Waals surface area (Å²) in [7, 11) is 0. The minimum Gasteiger partial charge on any atom is -0.466 e. The molecule has 0 aromatic heterocycles. The van der Waals surface area contributed by atoms with Crippen molar-refractivity contribution in [2.24, 2.45) is 0 Å². The average molecular weight is 264 g/mol. The quantitative estimate of drug-likeness (QED) is 0.632. The molecule has 1 N–H and O–H groups in total. The van der Waals surface area contributed by atoms with Gasteiger partial charge in [0.15, 0.2) is 0 Å². The van der Waals surface area contributed by atoms with Gasteiger partial charge in [-0.2, -0.15) is 5.26 Å². The van der Waals surface area contributed by atoms with Crippen LogP contribution < -0.4 is 5.32 Å². The van der Waals surface area contributed by atoms with Crippen LogP contribution in [0.4, 0.5) is 5.69 Å². The van der Waals surface area contributed by atoms with E-state index in [1.807, 2.05) is 24.5 Å². The molecule has 0 aliphatic heterocycles. The lowest BCUT2D eigenvalue weighted by molar-refractivity contribution is -0.142. The van der Waals surface area contributed by atoms with E-state index < -0.39 is 0 Å². The Morgan fingerprint density at radius 3 is 2.94 bits per heavy atom. The Hall–Kier alpha value is -1.67. The highest BCUT2D eigenvalue weighted by Gasteiger charge is 2.07. The van der Waals surface area contributed by atoms with Crippen molar-refractivity contribution in [3.8, 4) is 6.07 Å². The summed E-state index contributed by atoms with van der Waals surface area (Å²) < 4.78 is 4.83. The fraction of sp³-hybridized carbons (Fsp3) is 0.385. The summed E-state index contributed by atoms with van der Waals surface area (Å²) in [6.45, 7) is 2.64. The smallest absolute Gasteiger partial charge is 0.307 e. The number of carbonyl (C=O) groups excluding carboxylic acids is 1. The van der Waals surface area contributed by atoms with E-state index in [-0.39, 0.29) is 5.97 Å². The molecule has 0 fully saturated rings. The van der Waals surface area contributed by atoms with Gasteiger partial charge in [-0.15, -0.1) is 11.8 Å². The largest absolute Gasteiger partial charge is 0.466 e. The van der Waals surface area contributed by atoms with Crippen LogP contribution in [0.1, 0.15) is 18.9 Å². The second-order valence-electron chi connectivity index (χ2n) is 3.48. The highest BCUT2D eigenvalue weighted by atomic mass is 32.2. The van der Waals surface area contributed by atoms with Crippen molar-refractivity contribution >= 4 is 23.4 Å². The molecule has 0 amide bonds. The minimum absolute atomic E-state index is 0.232. The number of benzene rings is 1. The third-order valence-electron chi connectivity index (χ3n) is 2.31. The molecule has 0 aliphatic carbocycles. The normalized spacial score (nSPS) is 9.61. The van der Waals surface area contributed by atoms with Crippen molar-refractivity contribution in [2.45, 2.75) is 18.2 Å². The third-order valence-corrected chi connectivity index (χ3v) is 3.09. The first-order chi connectivity index (χ1) is 8.72. The Morgan fingerprint density at radius 1 is 1.56 bits per heavy atom. The molecule has 0 unspecified atom stereocenters. The van der Waals surface area contributed by atoms with E-state index in [2.05, 4.69) is 11.4 Å². The standard InChI is InChI=1S/C13H16N2O2S/c1-3-17-13(16)7-8-15-11-5-4-6-12(18-2)10(11)9-14/h4-6,15H,3,7-8H2,1-2H3. The molecule has 4 nitrogen and oxygen atoms in total. The van der Waals surface area contributed by atoms with E-state index in [1.165, 1.54) is 11.8 Å². The van der Waals surface area contributed by atoms with Crippen LogP contribution in [0.5, 0.6) is 0 Å². The summed E-state index contributed by atoms with van der Waals surface area (Å²) in [5.41, 5.74) is 1.38. The molecule has 1 rings (SSSR count). The topological polar surface area (TPSA) is 62.1 Å². The molecule has 0 atom stereocenters. The first-order valence-electron chi connectivity index (χ1n) is 5.69. The Balaban J connectivity index is 2.63. The summed E-state index contributed by atoms with van der Waals surface area (Å²) in [6, 6.07) is 7.81. The van der Waals surface area contributed by atoms with E-state index in [4.69, 9.17) is 10.00 Å². The Labute approximate surface area is 111 Å². The zero-order chi connectivity index (χ0) is 13.4. The van der Waals surface area contributed by atoms with Crippen LogP contribution >= 0.6 is 11.8 Å². The average Bonchev–Trinajstić information content (AvgIpc) is 2.38. The van der Waals surface area contributed by atoms with E-state index in [1.54, 1.807) is 6.92 Å². The zero-order valence-corrected chi connectivity index (χ0v) is 11.3. The number of thioether (sulfide) groups is 1. The van der Waals surface area contributed by atoms with Crippen molar-refractivity contribution in [3.05, 3.63) is 23.8 Å². The van der Waals surface area contributed by atoms with Crippen LogP contribution in [-0.2, 0) is 9.53 Å². The monoisotopic (exact) mass is 264 g/mol. The lowest BCUT2D eigenvalue weighted by atomic mass is 10.2. The van der Waals surface area contributed by atoms with Crippen molar-refractivity contribution in [2.75, 3.05) is 24.7 Å². The summed E-state index contributed by atoms with van der Waals surface area (Å²) in [5, 5.41) is 12.2. The van der Waals surface area contributed by atoms with Crippen molar-refractivity contribution < 1.29 is 9.53 Å². The molecular formula is C13H16N2O2S. The van der Waals surface area contributed by atoms with Gasteiger partial charge >= 0.3 is 5.97 Å². The van der Waals surface area contributed by atoms with Gasteiger partial charge in [0.1, 0.15) is 6.07 Å². The Bertz CT molecular complexity index is 455. The van der Waals surface area contributed by atoms with Crippen LogP contribution in [0.25, 0.3) is 0 Å². The summed E-state index contributed by atoms with van der Waals surface area (Å²) >= 11 is 1.53. The van der Waals surface area contributed by atoms with Crippen LogP contribution in [0, 0.1) is 11.3 Å². The Kier molecular flexibility index (Phi) is 6.09. The molecule has 5 heteroatoms. The van der Waals surface area contributed by atoms with Crippen LogP contribution in [0.3, 0.4) is 0 Å². The van der Waals surface area contributed by atoms with Gasteiger partial charge in [0.05, 0.1) is 24.3 Å². The summed E-state index contributed by atoms with van der Waals surface area (Å²) in [4.78, 5) is 12.1. The first kappa shape index (κ1) is 14.4. The SMILES string of the molecule is CCOC(=O)CCNc1cccc(SC)c1C#N. The first-order valence-corrected chi connectivity index (χ1v) is 6.92. The van der Waals surface area contributed by atoms with Crippen LogP contribution in [0.2, 0.25) is 0 Å². The Morgan fingerprint density at radius 2 is 2.33 bits per heavy atom. The molecule has 1 aromatic rings. The van der Waals surface area contributed by atoms with E-state index in [9.17, 15) is 4.79 Å². The number of rotatable bonds is 6. The highest BCUT2D eigenvalue weighted by molar-refractivity contribution is 7.98. The predicted octanol–water partition coefficient (Wildman–Crippen LogP) is 2.65. The van der Waals surface area contributed by atoms with Gasteiger partial charge in [-0.1, -0.05) is 6.07 Å². The van der Waals surface area contributed by atoms with Gasteiger partial charge in [-0.05, 0) is 25.3 Å². The molecule has 0 bridgehead atoms. The van der Waals surface area contributed by atoms with Gasteiger partial charge in [0.2, 0.25) is 0 Å². The fourth-order valence-corrected chi connectivity index (χ4v) is 2.07. The molecule has 1 aromatic carbocycles. The van der Waals surface area contributed by atoms with Crippen molar-refractivity contribution in [3.63, 3.8) is 0 Å². The number of hydrogen-bond donors (Lipinski definition) is 1. The second-order valence-corrected chi connectivity index (χ2v) is 4.32. The van der Waals surface area contributed by atoms with Gasteiger partial charge in [0.25, 0.3) is 0 Å². The van der Waals surface area contributed by atoms with Crippen molar-refractivity contribution in [1.82, 2.24) is 0 Å². The number of nitrogens with one attached hydrogen (secondary N) is 1. The van der Waals surface area contributed by atoms with Gasteiger partial charge < -0.3 is 10.1 Å². The maximum atomic E-state index is 11.2. The van der Waals surface area contributed by atoms with E-state index in [0.29, 0.717) is 25.1 Å². The molecule has 18 heavy (non-hydrogen) atoms. The molecule has 0 heterocycles. The fourth-order valence-electron chi connectivity index (χ4n) is 1.50. The van der Waals surface area contributed by atoms with E-state index in [0.717, 1.165) is 10.6 Å². The summed E-state index contributed by atoms with van der Waals surface area (Å²) in [5.74, 6) is -0.232. The summed E-state index contributed by atoms with van der Waals surface area (Å²) in [6.07, 6.45) is 2.22. The lowest BCUT2D eigenvalue weighted by Crippen LogP contribution is -2.12. The predicted molar refractivity (Wildman–Crippen MR) is 72.7 cm³/mol. The molecular weight excluding hydrogens is 248 g/mol. The number of nitriles is 1. The maximum absolute atomic E-state index is 11.2. The third kappa shape index (κ3) is 3.97. The molecule has 0 saturated heterocycles. The molecule has 0 saturated carbocycles. The molecule has 0 aliphatic rings. The number of nitrogens with zero attached hydrogens (tertiary/aromatic N) is 1. The van der Waals surface area contributed by atoms with Gasteiger partial charge in [-0.25, -0.2) is 0 Å². The van der Waals surface area contributed by atoms with Crippen molar-refractivity contribution in [1.29, 1.82) is 5.26 Å².